The van der Waals surface area contributed by atoms with E-state index < -0.39 is 15.2 Å². The Morgan fingerprint density at radius 1 is 1.32 bits per heavy atom. The fraction of sp³-hybridized carbons (Fsp3) is 0.417. The van der Waals surface area contributed by atoms with Crippen molar-refractivity contribution < 1.29 is 8.42 Å². The molecular weight excluding hydrogens is 304 g/mol. The van der Waals surface area contributed by atoms with Crippen molar-refractivity contribution in [3.63, 3.8) is 0 Å². The zero-order chi connectivity index (χ0) is 14.0. The number of hydrogen-bond acceptors (Lipinski definition) is 3. The van der Waals surface area contributed by atoms with E-state index in [0.29, 0.717) is 5.11 Å². The zero-order valence-electron chi connectivity index (χ0n) is 10.4. The molecular formula is C12H15ClN2O2S2. The van der Waals surface area contributed by atoms with Gasteiger partial charge in [0.2, 0.25) is 0 Å². The van der Waals surface area contributed by atoms with Crippen LogP contribution in [-0.4, -0.2) is 36.5 Å². The number of anilines is 1. The highest BCUT2D eigenvalue weighted by atomic mass is 35.5. The summed E-state index contributed by atoms with van der Waals surface area (Å²) in [5.41, 5.74) is 2.02. The lowest BCUT2D eigenvalue weighted by atomic mass is 10.2. The first-order valence-corrected chi connectivity index (χ1v) is 8.51. The van der Waals surface area contributed by atoms with Crippen LogP contribution >= 0.6 is 23.8 Å². The summed E-state index contributed by atoms with van der Waals surface area (Å²) in [6.45, 7) is 2.00. The van der Waals surface area contributed by atoms with Gasteiger partial charge in [0.05, 0.1) is 22.9 Å². The van der Waals surface area contributed by atoms with Crippen molar-refractivity contribution in [1.82, 2.24) is 5.32 Å². The number of halogens is 1. The van der Waals surface area contributed by atoms with Gasteiger partial charge >= 0.3 is 0 Å². The van der Waals surface area contributed by atoms with E-state index in [0.717, 1.165) is 11.3 Å². The first kappa shape index (κ1) is 14.6. The lowest BCUT2D eigenvalue weighted by molar-refractivity contribution is 0.600. The molecule has 7 heteroatoms. The molecule has 2 unspecified atom stereocenters. The summed E-state index contributed by atoms with van der Waals surface area (Å²) < 4.78 is 22.9. The third kappa shape index (κ3) is 4.06. The summed E-state index contributed by atoms with van der Waals surface area (Å²) in [5, 5.41) is 5.91. The van der Waals surface area contributed by atoms with Crippen molar-refractivity contribution in [2.75, 3.05) is 16.8 Å². The second-order valence-electron chi connectivity index (χ2n) is 4.66. The summed E-state index contributed by atoms with van der Waals surface area (Å²) in [6, 6.07) is 7.42. The number of benzene rings is 1. The fourth-order valence-electron chi connectivity index (χ4n) is 1.91. The summed E-state index contributed by atoms with van der Waals surface area (Å²) in [6.07, 6.45) is 0. The van der Waals surface area contributed by atoms with Crippen LogP contribution in [0.15, 0.2) is 24.3 Å². The van der Waals surface area contributed by atoms with Gasteiger partial charge in [0.25, 0.3) is 0 Å². The minimum atomic E-state index is -3.05. The summed E-state index contributed by atoms with van der Waals surface area (Å²) in [5.74, 6) is 0.0241. The van der Waals surface area contributed by atoms with Crippen molar-refractivity contribution >= 4 is 44.5 Å². The summed E-state index contributed by atoms with van der Waals surface area (Å²) >= 11 is 11.2. The maximum Gasteiger partial charge on any atom is 0.171 e. The van der Waals surface area contributed by atoms with Crippen LogP contribution < -0.4 is 10.6 Å². The van der Waals surface area contributed by atoms with Crippen LogP contribution in [0.4, 0.5) is 5.69 Å². The Morgan fingerprint density at radius 2 is 1.95 bits per heavy atom. The predicted octanol–water partition coefficient (Wildman–Crippen LogP) is 1.69. The Bertz CT molecular complexity index is 572. The normalized spacial score (nSPS) is 24.9. The van der Waals surface area contributed by atoms with Gasteiger partial charge in [-0.2, -0.15) is 0 Å². The van der Waals surface area contributed by atoms with E-state index in [1.165, 1.54) is 0 Å². The molecule has 0 amide bonds. The number of nitrogens with one attached hydrogen (secondary N) is 2. The number of hydrogen-bond donors (Lipinski definition) is 2. The molecule has 1 saturated heterocycles. The molecule has 1 fully saturated rings. The summed E-state index contributed by atoms with van der Waals surface area (Å²) in [7, 11) is -3.05. The molecule has 0 spiro atoms. The second kappa shape index (κ2) is 5.64. The maximum atomic E-state index is 11.4. The summed E-state index contributed by atoms with van der Waals surface area (Å²) in [4.78, 5) is 0. The Balaban J connectivity index is 1.93. The highest BCUT2D eigenvalue weighted by molar-refractivity contribution is 7.91. The quantitative estimate of drug-likeness (QED) is 0.642. The average Bonchev–Trinajstić information content (AvgIpc) is 2.55. The lowest BCUT2D eigenvalue weighted by Crippen LogP contribution is -2.42. The van der Waals surface area contributed by atoms with Crippen LogP contribution in [0.1, 0.15) is 5.56 Å². The van der Waals surface area contributed by atoms with Crippen LogP contribution in [0.2, 0.25) is 0 Å². The molecule has 1 aliphatic heterocycles. The van der Waals surface area contributed by atoms with Crippen molar-refractivity contribution in [2.45, 2.75) is 18.3 Å². The Hall–Kier alpha value is -0.850. The average molecular weight is 319 g/mol. The van der Waals surface area contributed by atoms with Crippen molar-refractivity contribution in [2.24, 2.45) is 0 Å². The number of alkyl halides is 1. The maximum absolute atomic E-state index is 11.4. The largest absolute Gasteiger partial charge is 0.357 e. The highest BCUT2D eigenvalue weighted by Gasteiger charge is 2.36. The topological polar surface area (TPSA) is 58.2 Å². The SMILES string of the molecule is Cc1ccc(NC(=S)NC2CS(=O)(=O)CC2Cl)cc1. The first-order chi connectivity index (χ1) is 8.85. The molecule has 0 aliphatic carbocycles. The third-order valence-corrected chi connectivity index (χ3v) is 5.50. The predicted molar refractivity (Wildman–Crippen MR) is 82.6 cm³/mol. The standard InChI is InChI=1S/C12H15ClN2O2S2/c1-8-2-4-9(5-3-8)14-12(18)15-11-7-19(16,17)6-10(11)13/h2-5,10-11H,6-7H2,1H3,(H2,14,15,18). The minimum Gasteiger partial charge on any atom is -0.357 e. The number of aryl methyl sites for hydroxylation is 1. The Kier molecular flexibility index (Phi) is 4.32. The lowest BCUT2D eigenvalue weighted by Gasteiger charge is -2.17. The smallest absolute Gasteiger partial charge is 0.171 e. The molecule has 0 saturated carbocycles. The van der Waals surface area contributed by atoms with Gasteiger partial charge < -0.3 is 10.6 Å². The molecule has 1 aromatic rings. The highest BCUT2D eigenvalue weighted by Crippen LogP contribution is 2.18. The van der Waals surface area contributed by atoms with Gasteiger partial charge in [0.15, 0.2) is 14.9 Å². The van der Waals surface area contributed by atoms with Gasteiger partial charge in [0.1, 0.15) is 0 Å². The van der Waals surface area contributed by atoms with E-state index in [9.17, 15) is 8.42 Å². The second-order valence-corrected chi connectivity index (χ2v) is 7.79. The third-order valence-electron chi connectivity index (χ3n) is 2.91. The van der Waals surface area contributed by atoms with Crippen molar-refractivity contribution in [3.8, 4) is 0 Å². The van der Waals surface area contributed by atoms with E-state index in [4.69, 9.17) is 23.8 Å². The van der Waals surface area contributed by atoms with Gasteiger partial charge in [-0.25, -0.2) is 8.42 Å². The van der Waals surface area contributed by atoms with Crippen LogP contribution in [0.3, 0.4) is 0 Å². The van der Waals surface area contributed by atoms with Crippen LogP contribution in [-0.2, 0) is 9.84 Å². The van der Waals surface area contributed by atoms with E-state index >= 15 is 0 Å². The van der Waals surface area contributed by atoms with Gasteiger partial charge in [-0.05, 0) is 31.3 Å². The molecule has 0 aromatic heterocycles. The van der Waals surface area contributed by atoms with Gasteiger partial charge in [-0.15, -0.1) is 11.6 Å². The van der Waals surface area contributed by atoms with E-state index in [-0.39, 0.29) is 17.5 Å². The first-order valence-electron chi connectivity index (χ1n) is 5.84. The number of thiocarbonyl (C=S) groups is 1. The fourth-order valence-corrected chi connectivity index (χ4v) is 4.73. The van der Waals surface area contributed by atoms with Gasteiger partial charge in [-0.1, -0.05) is 17.7 Å². The molecule has 104 valence electrons. The van der Waals surface area contributed by atoms with E-state index in [2.05, 4.69) is 10.6 Å². The molecule has 2 N–H and O–H groups in total. The molecule has 2 atom stereocenters. The Labute approximate surface area is 123 Å². The van der Waals surface area contributed by atoms with Gasteiger partial charge in [-0.3, -0.25) is 0 Å². The molecule has 1 aliphatic rings. The van der Waals surface area contributed by atoms with E-state index in [1.54, 1.807) is 0 Å². The van der Waals surface area contributed by atoms with Crippen LogP contribution in [0.25, 0.3) is 0 Å². The minimum absolute atomic E-state index is 0.000628. The molecule has 2 rings (SSSR count). The van der Waals surface area contributed by atoms with E-state index in [1.807, 2.05) is 31.2 Å². The molecule has 0 radical (unpaired) electrons. The number of sulfone groups is 1. The molecule has 19 heavy (non-hydrogen) atoms. The monoisotopic (exact) mass is 318 g/mol. The Morgan fingerprint density at radius 3 is 2.47 bits per heavy atom. The molecule has 1 heterocycles. The van der Waals surface area contributed by atoms with Crippen LogP contribution in [0, 0.1) is 6.92 Å². The van der Waals surface area contributed by atoms with Crippen molar-refractivity contribution in [3.05, 3.63) is 29.8 Å². The molecule has 4 nitrogen and oxygen atoms in total. The molecule has 1 aromatic carbocycles. The molecule has 0 bridgehead atoms. The van der Waals surface area contributed by atoms with Gasteiger partial charge in [0, 0.05) is 5.69 Å². The van der Waals surface area contributed by atoms with Crippen molar-refractivity contribution in [1.29, 1.82) is 0 Å². The van der Waals surface area contributed by atoms with Crippen LogP contribution in [0.5, 0.6) is 0 Å². The zero-order valence-corrected chi connectivity index (χ0v) is 12.8. The number of rotatable bonds is 2.